The number of aryl methyl sites for hydroxylation is 2. The molecule has 0 saturated carbocycles. The van der Waals surface area contributed by atoms with Crippen LogP contribution >= 0.6 is 11.8 Å². The molecule has 8 nitrogen and oxygen atoms in total. The summed E-state index contributed by atoms with van der Waals surface area (Å²) in [6.45, 7) is 6.76. The Bertz CT molecular complexity index is 991. The number of hydrogen-bond donors (Lipinski definition) is 0. The van der Waals surface area contributed by atoms with Crippen LogP contribution < -0.4 is 9.47 Å². The van der Waals surface area contributed by atoms with Gasteiger partial charge in [0.1, 0.15) is 0 Å². The molecule has 27 heavy (non-hydrogen) atoms. The molecule has 1 aliphatic rings. The second-order valence-corrected chi connectivity index (χ2v) is 7.09. The van der Waals surface area contributed by atoms with Gasteiger partial charge in [-0.2, -0.15) is 5.10 Å². The van der Waals surface area contributed by atoms with E-state index in [1.165, 1.54) is 16.4 Å². The monoisotopic (exact) mass is 385 g/mol. The van der Waals surface area contributed by atoms with Crippen LogP contribution in [0.4, 0.5) is 0 Å². The maximum absolute atomic E-state index is 12.4. The maximum atomic E-state index is 12.4. The number of ether oxygens (including phenoxy) is 2. The molecule has 0 radical (unpaired) electrons. The molecule has 1 aromatic carbocycles. The van der Waals surface area contributed by atoms with Gasteiger partial charge in [-0.1, -0.05) is 11.8 Å². The fraction of sp³-hybridized carbons (Fsp3) is 0.333. The van der Waals surface area contributed by atoms with Gasteiger partial charge in [0.25, 0.3) is 5.91 Å². The summed E-state index contributed by atoms with van der Waals surface area (Å²) in [5, 5.41) is 13.5. The first-order chi connectivity index (χ1) is 13.1. The number of fused-ring (bicyclic) bond motifs is 1. The van der Waals surface area contributed by atoms with Crippen LogP contribution in [0.5, 0.6) is 11.5 Å². The van der Waals surface area contributed by atoms with Crippen LogP contribution in [-0.4, -0.2) is 43.0 Å². The second kappa shape index (κ2) is 7.07. The van der Waals surface area contributed by atoms with Crippen molar-refractivity contribution in [3.8, 4) is 22.9 Å². The van der Waals surface area contributed by atoms with E-state index in [0.717, 1.165) is 28.4 Å². The van der Waals surface area contributed by atoms with Crippen LogP contribution in [0.2, 0.25) is 0 Å². The minimum Gasteiger partial charge on any atom is -0.454 e. The number of carbonyl (C=O) groups is 1. The molecule has 1 aliphatic heterocycles. The third-order valence-corrected chi connectivity index (χ3v) is 5.34. The average molecular weight is 385 g/mol. The standard InChI is InChI=1S/C18H19N5O3S/c1-4-22-17(13-5-6-14-15(7-13)26-10-25-14)19-20-18(22)27-9-16(24)23-8-11(2)12(3)21-23/h5-8H,4,9-10H2,1-3H3. The second-order valence-electron chi connectivity index (χ2n) is 6.14. The summed E-state index contributed by atoms with van der Waals surface area (Å²) in [6, 6.07) is 5.69. The Morgan fingerprint density at radius 2 is 2.04 bits per heavy atom. The predicted octanol–water partition coefficient (Wildman–Crippen LogP) is 2.94. The first-order valence-electron chi connectivity index (χ1n) is 8.59. The first kappa shape index (κ1) is 17.6. The van der Waals surface area contributed by atoms with Gasteiger partial charge < -0.3 is 14.0 Å². The predicted molar refractivity (Wildman–Crippen MR) is 100 cm³/mol. The van der Waals surface area contributed by atoms with Crippen LogP contribution in [0.25, 0.3) is 11.4 Å². The number of thioether (sulfide) groups is 1. The van der Waals surface area contributed by atoms with E-state index in [1.807, 2.05) is 43.5 Å². The van der Waals surface area contributed by atoms with Crippen molar-refractivity contribution in [3.05, 3.63) is 35.7 Å². The third kappa shape index (κ3) is 3.30. The highest BCUT2D eigenvalue weighted by Crippen LogP contribution is 2.36. The van der Waals surface area contributed by atoms with Crippen molar-refractivity contribution in [1.82, 2.24) is 24.5 Å². The molecule has 3 heterocycles. The molecule has 0 amide bonds. The maximum Gasteiger partial charge on any atom is 0.257 e. The lowest BCUT2D eigenvalue weighted by Crippen LogP contribution is -2.14. The van der Waals surface area contributed by atoms with Gasteiger partial charge in [-0.25, -0.2) is 4.68 Å². The van der Waals surface area contributed by atoms with Crippen molar-refractivity contribution < 1.29 is 14.3 Å². The first-order valence-corrected chi connectivity index (χ1v) is 9.57. The number of aromatic nitrogens is 5. The number of carbonyl (C=O) groups excluding carboxylic acids is 1. The molecular weight excluding hydrogens is 366 g/mol. The summed E-state index contributed by atoms with van der Waals surface area (Å²) in [5.74, 6) is 2.31. The van der Waals surface area contributed by atoms with E-state index in [4.69, 9.17) is 9.47 Å². The van der Waals surface area contributed by atoms with Crippen molar-refractivity contribution in [1.29, 1.82) is 0 Å². The van der Waals surface area contributed by atoms with Gasteiger partial charge in [0, 0.05) is 18.3 Å². The van der Waals surface area contributed by atoms with E-state index >= 15 is 0 Å². The van der Waals surface area contributed by atoms with Crippen LogP contribution in [0.1, 0.15) is 23.0 Å². The quantitative estimate of drug-likeness (QED) is 0.624. The van der Waals surface area contributed by atoms with E-state index in [2.05, 4.69) is 15.3 Å². The molecule has 0 spiro atoms. The summed E-state index contributed by atoms with van der Waals surface area (Å²) in [4.78, 5) is 12.4. The Kier molecular flexibility index (Phi) is 4.61. The van der Waals surface area contributed by atoms with Gasteiger partial charge in [0.15, 0.2) is 22.5 Å². The zero-order valence-electron chi connectivity index (χ0n) is 15.3. The molecule has 9 heteroatoms. The average Bonchev–Trinajstić information content (AvgIpc) is 3.37. The van der Waals surface area contributed by atoms with Crippen molar-refractivity contribution in [3.63, 3.8) is 0 Å². The van der Waals surface area contributed by atoms with Gasteiger partial charge in [-0.15, -0.1) is 10.2 Å². The van der Waals surface area contributed by atoms with E-state index < -0.39 is 0 Å². The zero-order valence-corrected chi connectivity index (χ0v) is 16.1. The molecule has 2 aromatic heterocycles. The summed E-state index contributed by atoms with van der Waals surface area (Å²) in [7, 11) is 0. The molecule has 0 N–H and O–H groups in total. The SMILES string of the molecule is CCn1c(SCC(=O)n2cc(C)c(C)n2)nnc1-c1ccc2c(c1)OCO2. The smallest absolute Gasteiger partial charge is 0.257 e. The summed E-state index contributed by atoms with van der Waals surface area (Å²) in [5.41, 5.74) is 2.75. The van der Waals surface area contributed by atoms with Gasteiger partial charge in [0.2, 0.25) is 6.79 Å². The lowest BCUT2D eigenvalue weighted by atomic mass is 10.2. The molecule has 4 rings (SSSR count). The van der Waals surface area contributed by atoms with E-state index in [-0.39, 0.29) is 18.5 Å². The molecule has 0 atom stereocenters. The van der Waals surface area contributed by atoms with Gasteiger partial charge in [0.05, 0.1) is 11.4 Å². The number of benzene rings is 1. The van der Waals surface area contributed by atoms with Gasteiger partial charge in [-0.05, 0) is 44.5 Å². The highest BCUT2D eigenvalue weighted by atomic mass is 32.2. The summed E-state index contributed by atoms with van der Waals surface area (Å²) < 4.78 is 14.2. The Morgan fingerprint density at radius 1 is 1.22 bits per heavy atom. The fourth-order valence-corrected chi connectivity index (χ4v) is 3.65. The van der Waals surface area contributed by atoms with Crippen LogP contribution in [0.15, 0.2) is 29.6 Å². The van der Waals surface area contributed by atoms with Crippen molar-refractivity contribution >= 4 is 17.7 Å². The fourth-order valence-electron chi connectivity index (χ4n) is 2.80. The van der Waals surface area contributed by atoms with Crippen LogP contribution in [0.3, 0.4) is 0 Å². The molecule has 0 saturated heterocycles. The molecule has 0 fully saturated rings. The van der Waals surface area contributed by atoms with E-state index in [9.17, 15) is 4.79 Å². The molecule has 0 bridgehead atoms. The van der Waals surface area contributed by atoms with E-state index in [1.54, 1.807) is 6.20 Å². The molecule has 3 aromatic rings. The topological polar surface area (TPSA) is 84.1 Å². The van der Waals surface area contributed by atoms with Crippen molar-refractivity contribution in [2.75, 3.05) is 12.5 Å². The number of rotatable bonds is 5. The molecule has 140 valence electrons. The van der Waals surface area contributed by atoms with Gasteiger partial charge >= 0.3 is 0 Å². The molecular formula is C18H19N5O3S. The van der Waals surface area contributed by atoms with Gasteiger partial charge in [-0.3, -0.25) is 4.79 Å². The van der Waals surface area contributed by atoms with E-state index in [0.29, 0.717) is 17.5 Å². The number of hydrogen-bond acceptors (Lipinski definition) is 7. The molecule has 0 unspecified atom stereocenters. The Morgan fingerprint density at radius 3 is 2.78 bits per heavy atom. The van der Waals surface area contributed by atoms with Crippen LogP contribution in [0, 0.1) is 13.8 Å². The minimum atomic E-state index is -0.0912. The Hall–Kier alpha value is -2.81. The number of nitrogens with zero attached hydrogens (tertiary/aromatic N) is 5. The highest BCUT2D eigenvalue weighted by Gasteiger charge is 2.19. The minimum absolute atomic E-state index is 0.0912. The lowest BCUT2D eigenvalue weighted by molar-refractivity contribution is 0.0926. The third-order valence-electron chi connectivity index (χ3n) is 4.39. The Labute approximate surface area is 160 Å². The van der Waals surface area contributed by atoms with Crippen LogP contribution in [-0.2, 0) is 6.54 Å². The summed E-state index contributed by atoms with van der Waals surface area (Å²) >= 11 is 1.35. The zero-order chi connectivity index (χ0) is 19.0. The molecule has 0 aliphatic carbocycles. The largest absolute Gasteiger partial charge is 0.454 e. The Balaban J connectivity index is 1.53. The normalized spacial score (nSPS) is 12.6. The van der Waals surface area contributed by atoms with Crippen molar-refractivity contribution in [2.45, 2.75) is 32.5 Å². The highest BCUT2D eigenvalue weighted by molar-refractivity contribution is 7.99. The summed E-state index contributed by atoms with van der Waals surface area (Å²) in [6.07, 6.45) is 1.75. The lowest BCUT2D eigenvalue weighted by Gasteiger charge is -2.07. The van der Waals surface area contributed by atoms with Crippen molar-refractivity contribution in [2.24, 2.45) is 0 Å².